The van der Waals surface area contributed by atoms with Gasteiger partial charge in [-0.1, -0.05) is 186 Å². The number of unbranched alkanes of at least 4 members (excludes halogenated alkanes) is 24. The van der Waals surface area contributed by atoms with Gasteiger partial charge in [0.1, 0.15) is 13.2 Å². The van der Waals surface area contributed by atoms with Crippen molar-refractivity contribution in [1.29, 1.82) is 0 Å². The highest BCUT2D eigenvalue weighted by molar-refractivity contribution is 5.82. The van der Waals surface area contributed by atoms with Gasteiger partial charge in [0.25, 0.3) is 0 Å². The molecule has 0 heterocycles. The molecule has 0 rings (SSSR count). The van der Waals surface area contributed by atoms with Crippen LogP contribution in [0.15, 0.2) is 24.3 Å². The summed E-state index contributed by atoms with van der Waals surface area (Å²) in [5.74, 6) is -1.18. The predicted molar refractivity (Wildman–Crippen MR) is 196 cm³/mol. The van der Waals surface area contributed by atoms with Crippen molar-refractivity contribution in [2.45, 2.75) is 207 Å². The van der Waals surface area contributed by atoms with Crippen molar-refractivity contribution in [3.8, 4) is 0 Å². The van der Waals surface area contributed by atoms with E-state index in [0.717, 1.165) is 38.5 Å². The monoisotopic (exact) mass is 663 g/mol. The second-order valence-electron chi connectivity index (χ2n) is 13.3. The standard InChI is InChI=1S/C41H74O6/c1-4-7-10-12-14-16-18-20-22-24-26-28-31-33-39(42)45-36-38(47-41(44)35-30-9-6-3)37-46-40(43)34-32-29-27-25-23-21-19-17-15-13-11-8-5-2/h6,9,30,35,38H,4-5,7-8,10-29,31-34,36-37H2,1-3H3. The van der Waals surface area contributed by atoms with Crippen LogP contribution in [0, 0.1) is 0 Å². The molecule has 0 aromatic carbocycles. The summed E-state index contributed by atoms with van der Waals surface area (Å²) in [5.41, 5.74) is 0. The minimum atomic E-state index is -0.830. The number of carbonyl (C=O) groups excluding carboxylic acids is 3. The van der Waals surface area contributed by atoms with Crippen molar-refractivity contribution >= 4 is 17.9 Å². The van der Waals surface area contributed by atoms with Crippen LogP contribution in [0.25, 0.3) is 0 Å². The molecule has 0 saturated carbocycles. The molecule has 0 bridgehead atoms. The van der Waals surface area contributed by atoms with Crippen LogP contribution < -0.4 is 0 Å². The smallest absolute Gasteiger partial charge is 0.331 e. The van der Waals surface area contributed by atoms with Gasteiger partial charge in [0.05, 0.1) is 0 Å². The first-order chi connectivity index (χ1) is 23.0. The van der Waals surface area contributed by atoms with E-state index in [1.165, 1.54) is 134 Å². The average Bonchev–Trinajstić information content (AvgIpc) is 3.06. The molecule has 0 aliphatic carbocycles. The van der Waals surface area contributed by atoms with Crippen molar-refractivity contribution in [2.75, 3.05) is 13.2 Å². The molecule has 0 aromatic rings. The van der Waals surface area contributed by atoms with E-state index < -0.39 is 12.1 Å². The molecular formula is C41H74O6. The molecule has 6 nitrogen and oxygen atoms in total. The summed E-state index contributed by atoms with van der Waals surface area (Å²) in [4.78, 5) is 36.9. The highest BCUT2D eigenvalue weighted by atomic mass is 16.6. The first-order valence-corrected chi connectivity index (χ1v) is 19.8. The lowest BCUT2D eigenvalue weighted by Crippen LogP contribution is -2.30. The van der Waals surface area contributed by atoms with Gasteiger partial charge in [0.15, 0.2) is 6.10 Å². The van der Waals surface area contributed by atoms with Crippen molar-refractivity contribution in [3.63, 3.8) is 0 Å². The third-order valence-electron chi connectivity index (χ3n) is 8.65. The number of rotatable bonds is 35. The highest BCUT2D eigenvalue weighted by Crippen LogP contribution is 2.15. The Morgan fingerprint density at radius 3 is 1.11 bits per heavy atom. The first kappa shape index (κ1) is 44.9. The second kappa shape index (κ2) is 36.7. The van der Waals surface area contributed by atoms with E-state index in [1.807, 2.05) is 6.92 Å². The number of carbonyl (C=O) groups is 3. The summed E-state index contributed by atoms with van der Waals surface area (Å²) >= 11 is 0. The van der Waals surface area contributed by atoms with E-state index in [9.17, 15) is 14.4 Å². The van der Waals surface area contributed by atoms with E-state index in [1.54, 1.807) is 18.2 Å². The molecular weight excluding hydrogens is 588 g/mol. The SMILES string of the molecule is CC=CC=CC(=O)OC(COC(=O)CCCCCCCCCCCCCCC)COC(=O)CCCCCCCCCCCCCCC. The van der Waals surface area contributed by atoms with Crippen molar-refractivity contribution in [3.05, 3.63) is 24.3 Å². The zero-order valence-electron chi connectivity index (χ0n) is 31.0. The summed E-state index contributed by atoms with van der Waals surface area (Å²) in [6, 6.07) is 0. The van der Waals surface area contributed by atoms with Crippen LogP contribution in [0.1, 0.15) is 201 Å². The normalized spacial score (nSPS) is 11.6. The molecule has 0 amide bonds. The topological polar surface area (TPSA) is 78.9 Å². The molecule has 0 fully saturated rings. The highest BCUT2D eigenvalue weighted by Gasteiger charge is 2.18. The number of allylic oxidation sites excluding steroid dienone is 3. The van der Waals surface area contributed by atoms with Crippen molar-refractivity contribution in [2.24, 2.45) is 0 Å². The van der Waals surface area contributed by atoms with Gasteiger partial charge in [0.2, 0.25) is 0 Å². The third-order valence-corrected chi connectivity index (χ3v) is 8.65. The Morgan fingerprint density at radius 1 is 0.468 bits per heavy atom. The van der Waals surface area contributed by atoms with Crippen LogP contribution in [0.4, 0.5) is 0 Å². The fourth-order valence-corrected chi connectivity index (χ4v) is 5.66. The Hall–Kier alpha value is -2.11. The Balaban J connectivity index is 4.10. The summed E-state index contributed by atoms with van der Waals surface area (Å²) in [7, 11) is 0. The molecule has 0 N–H and O–H groups in total. The lowest BCUT2D eigenvalue weighted by molar-refractivity contribution is -0.163. The van der Waals surface area contributed by atoms with Gasteiger partial charge in [-0.05, 0) is 19.8 Å². The molecule has 0 atom stereocenters. The fraction of sp³-hybridized carbons (Fsp3) is 0.829. The number of hydrogen-bond donors (Lipinski definition) is 0. The number of esters is 3. The molecule has 0 unspecified atom stereocenters. The largest absolute Gasteiger partial charge is 0.462 e. The molecule has 0 saturated heterocycles. The Labute approximate surface area is 290 Å². The van der Waals surface area contributed by atoms with Gasteiger partial charge in [-0.15, -0.1) is 0 Å². The van der Waals surface area contributed by atoms with E-state index in [-0.39, 0.29) is 25.2 Å². The zero-order valence-corrected chi connectivity index (χ0v) is 31.0. The van der Waals surface area contributed by atoms with Gasteiger partial charge in [-0.25, -0.2) is 4.79 Å². The van der Waals surface area contributed by atoms with Crippen LogP contribution in [0.3, 0.4) is 0 Å². The molecule has 0 aliphatic rings. The average molecular weight is 663 g/mol. The Kier molecular flexibility index (Phi) is 35.1. The number of hydrogen-bond acceptors (Lipinski definition) is 6. The van der Waals surface area contributed by atoms with E-state index in [4.69, 9.17) is 14.2 Å². The number of ether oxygens (including phenoxy) is 3. The zero-order chi connectivity index (χ0) is 34.5. The quantitative estimate of drug-likeness (QED) is 0.0221. The van der Waals surface area contributed by atoms with Gasteiger partial charge in [0, 0.05) is 18.9 Å². The van der Waals surface area contributed by atoms with Gasteiger partial charge >= 0.3 is 17.9 Å². The summed E-state index contributed by atoms with van der Waals surface area (Å²) in [6.45, 7) is 6.13. The van der Waals surface area contributed by atoms with Crippen LogP contribution in [-0.2, 0) is 28.6 Å². The van der Waals surface area contributed by atoms with Crippen LogP contribution in [0.2, 0.25) is 0 Å². The van der Waals surface area contributed by atoms with Crippen LogP contribution in [0.5, 0.6) is 0 Å². The second-order valence-corrected chi connectivity index (χ2v) is 13.3. The fourth-order valence-electron chi connectivity index (χ4n) is 5.66. The van der Waals surface area contributed by atoms with E-state index in [2.05, 4.69) is 13.8 Å². The Morgan fingerprint density at radius 2 is 0.787 bits per heavy atom. The molecule has 0 radical (unpaired) electrons. The first-order valence-electron chi connectivity index (χ1n) is 19.8. The maximum Gasteiger partial charge on any atom is 0.331 e. The minimum Gasteiger partial charge on any atom is -0.462 e. The van der Waals surface area contributed by atoms with Crippen molar-refractivity contribution in [1.82, 2.24) is 0 Å². The molecule has 0 spiro atoms. The lowest BCUT2D eigenvalue weighted by Gasteiger charge is -2.17. The van der Waals surface area contributed by atoms with E-state index >= 15 is 0 Å². The van der Waals surface area contributed by atoms with Crippen LogP contribution >= 0.6 is 0 Å². The van der Waals surface area contributed by atoms with Crippen LogP contribution in [-0.4, -0.2) is 37.2 Å². The summed E-state index contributed by atoms with van der Waals surface area (Å²) < 4.78 is 16.2. The maximum absolute atomic E-state index is 12.3. The molecule has 6 heteroatoms. The molecule has 47 heavy (non-hydrogen) atoms. The summed E-state index contributed by atoms with van der Waals surface area (Å²) in [6.07, 6.45) is 38.8. The summed E-state index contributed by atoms with van der Waals surface area (Å²) in [5, 5.41) is 0. The molecule has 0 aromatic heterocycles. The van der Waals surface area contributed by atoms with Gasteiger partial charge < -0.3 is 14.2 Å². The molecule has 274 valence electrons. The Bertz CT molecular complexity index is 728. The third kappa shape index (κ3) is 35.0. The van der Waals surface area contributed by atoms with E-state index in [0.29, 0.717) is 12.8 Å². The maximum atomic E-state index is 12.3. The van der Waals surface area contributed by atoms with Gasteiger partial charge in [-0.3, -0.25) is 9.59 Å². The van der Waals surface area contributed by atoms with Crippen molar-refractivity contribution < 1.29 is 28.6 Å². The predicted octanol–water partition coefficient (Wildman–Crippen LogP) is 12.1. The van der Waals surface area contributed by atoms with Gasteiger partial charge in [-0.2, -0.15) is 0 Å². The molecule has 0 aliphatic heterocycles. The minimum absolute atomic E-state index is 0.119. The lowest BCUT2D eigenvalue weighted by atomic mass is 10.0.